The monoisotopic (exact) mass is 586 g/mol. The minimum Gasteiger partial charge on any atom is -0.289 e. The second kappa shape index (κ2) is 9.70. The van der Waals surface area contributed by atoms with E-state index < -0.39 is 11.6 Å². The highest BCUT2D eigenvalue weighted by Crippen LogP contribution is 2.35. The van der Waals surface area contributed by atoms with Crippen molar-refractivity contribution in [3.63, 3.8) is 0 Å². The highest BCUT2D eigenvalue weighted by molar-refractivity contribution is 9.10. The van der Waals surface area contributed by atoms with Crippen LogP contribution < -0.4 is 0 Å². The zero-order valence-electron chi connectivity index (χ0n) is 16.1. The molecule has 2 aromatic rings. The Kier molecular flexibility index (Phi) is 6.95. The van der Waals surface area contributed by atoms with Gasteiger partial charge in [0.15, 0.2) is 23.1 Å². The van der Waals surface area contributed by atoms with Gasteiger partial charge in [-0.3, -0.25) is 19.2 Å². The fourth-order valence-electron chi connectivity index (χ4n) is 2.92. The summed E-state index contributed by atoms with van der Waals surface area (Å²) in [5, 5.41) is 0. The predicted molar refractivity (Wildman–Crippen MR) is 132 cm³/mol. The van der Waals surface area contributed by atoms with Gasteiger partial charge in [0.05, 0.1) is 9.81 Å². The maximum absolute atomic E-state index is 12.7. The average molecular weight is 588 g/mol. The molecule has 0 radical (unpaired) electrons. The molecule has 0 aromatic heterocycles. The van der Waals surface area contributed by atoms with Gasteiger partial charge in [-0.25, -0.2) is 0 Å². The van der Waals surface area contributed by atoms with Crippen LogP contribution in [0.4, 0.5) is 0 Å². The van der Waals surface area contributed by atoms with Crippen molar-refractivity contribution < 1.29 is 19.2 Å². The second-order valence-electron chi connectivity index (χ2n) is 6.70. The van der Waals surface area contributed by atoms with Gasteiger partial charge in [0.25, 0.3) is 0 Å². The number of rotatable bonds is 5. The predicted octanol–water partition coefficient (Wildman–Crippen LogP) is 6.02. The smallest absolute Gasteiger partial charge is 0.193 e. The van der Waals surface area contributed by atoms with E-state index in [9.17, 15) is 19.2 Å². The Labute approximate surface area is 209 Å². The first-order chi connectivity index (χ1) is 15.3. The number of benzene rings is 2. The second-order valence-corrected chi connectivity index (χ2v) is 10.8. The summed E-state index contributed by atoms with van der Waals surface area (Å²) in [4.78, 5) is 52.8. The minimum absolute atomic E-state index is 0.0579. The Bertz CT molecular complexity index is 1180. The Morgan fingerprint density at radius 1 is 0.469 bits per heavy atom. The highest BCUT2D eigenvalue weighted by Gasteiger charge is 2.30. The number of ketones is 4. The van der Waals surface area contributed by atoms with Crippen LogP contribution in [0.1, 0.15) is 0 Å². The molecule has 0 aliphatic heterocycles. The van der Waals surface area contributed by atoms with Crippen LogP contribution >= 0.6 is 55.4 Å². The zero-order valence-corrected chi connectivity index (χ0v) is 20.9. The van der Waals surface area contributed by atoms with Gasteiger partial charge >= 0.3 is 0 Å². The number of hydrogen-bond donors (Lipinski definition) is 0. The maximum atomic E-state index is 12.7. The van der Waals surface area contributed by atoms with Crippen molar-refractivity contribution in [3.8, 4) is 0 Å². The van der Waals surface area contributed by atoms with Gasteiger partial charge in [0.2, 0.25) is 0 Å². The highest BCUT2D eigenvalue weighted by atomic mass is 79.9. The van der Waals surface area contributed by atoms with Crippen LogP contribution in [-0.2, 0) is 19.2 Å². The molecule has 2 aromatic carbocycles. The zero-order chi connectivity index (χ0) is 22.8. The lowest BCUT2D eigenvalue weighted by Gasteiger charge is -2.16. The van der Waals surface area contributed by atoms with Gasteiger partial charge in [0.1, 0.15) is 0 Å². The molecule has 0 saturated heterocycles. The molecule has 8 heteroatoms. The van der Waals surface area contributed by atoms with E-state index in [4.69, 9.17) is 0 Å². The normalized spacial score (nSPS) is 16.4. The van der Waals surface area contributed by atoms with Crippen LogP contribution in [0.25, 0.3) is 0 Å². The van der Waals surface area contributed by atoms with E-state index >= 15 is 0 Å². The van der Waals surface area contributed by atoms with Crippen molar-refractivity contribution in [1.82, 2.24) is 0 Å². The molecule has 0 atom stereocenters. The van der Waals surface area contributed by atoms with E-state index in [1.54, 1.807) is 0 Å². The molecule has 0 amide bonds. The Morgan fingerprint density at radius 3 is 1.16 bits per heavy atom. The summed E-state index contributed by atoms with van der Waals surface area (Å²) in [7, 11) is 0. The summed E-state index contributed by atoms with van der Waals surface area (Å²) >= 11 is 9.05. The molecule has 0 saturated carbocycles. The van der Waals surface area contributed by atoms with Crippen molar-refractivity contribution >= 4 is 78.5 Å². The van der Waals surface area contributed by atoms with E-state index in [2.05, 4.69) is 31.9 Å². The van der Waals surface area contributed by atoms with Gasteiger partial charge in [-0.2, -0.15) is 0 Å². The summed E-state index contributed by atoms with van der Waals surface area (Å²) in [6, 6.07) is 14.7. The standard InChI is InChI=1S/C24H12Br2O4S2/c25-13-1-5-15(6-2-13)31-23-11-19(27)17(9-21(23)29)18-10-22(30)24(12-20(18)28)32-16-7-3-14(26)4-8-16/h1-12H. The fraction of sp³-hybridized carbons (Fsp3) is 0. The third-order valence-corrected chi connectivity index (χ3v) is 7.62. The van der Waals surface area contributed by atoms with E-state index in [0.29, 0.717) is 0 Å². The van der Waals surface area contributed by atoms with Crippen molar-refractivity contribution in [2.24, 2.45) is 0 Å². The third kappa shape index (κ3) is 5.20. The molecular weight excluding hydrogens is 576 g/mol. The van der Waals surface area contributed by atoms with Gasteiger partial charge in [-0.05, 0) is 60.7 Å². The van der Waals surface area contributed by atoms with Gasteiger partial charge in [0, 0.05) is 42.0 Å². The number of thioether (sulfide) groups is 2. The number of carbonyl (C=O) groups is 4. The SMILES string of the molecule is O=C1C=C(C2=CC(=O)C(Sc3ccc(Br)cc3)=CC2=O)C(=O)C=C1Sc1ccc(Br)cc1. The topological polar surface area (TPSA) is 68.3 Å². The first kappa shape index (κ1) is 22.9. The summed E-state index contributed by atoms with van der Waals surface area (Å²) in [6.07, 6.45) is 4.72. The molecule has 2 aliphatic carbocycles. The van der Waals surface area contributed by atoms with Gasteiger partial charge in [-0.1, -0.05) is 55.4 Å². The third-order valence-electron chi connectivity index (χ3n) is 4.46. The number of allylic oxidation sites excluding steroid dienone is 8. The molecule has 0 bridgehead atoms. The quantitative estimate of drug-likeness (QED) is 0.398. The van der Waals surface area contributed by atoms with Gasteiger partial charge in [-0.15, -0.1) is 0 Å². The molecular formula is C24H12Br2O4S2. The first-order valence-corrected chi connectivity index (χ1v) is 12.4. The molecule has 0 spiro atoms. The number of carbonyl (C=O) groups excluding carboxylic acids is 4. The number of hydrogen-bond acceptors (Lipinski definition) is 6. The lowest BCUT2D eigenvalue weighted by molar-refractivity contribution is -0.116. The van der Waals surface area contributed by atoms with Crippen molar-refractivity contribution in [2.45, 2.75) is 9.79 Å². The molecule has 4 rings (SSSR count). The van der Waals surface area contributed by atoms with E-state index in [1.807, 2.05) is 48.5 Å². The first-order valence-electron chi connectivity index (χ1n) is 9.21. The average Bonchev–Trinajstić information content (AvgIpc) is 2.76. The minimum atomic E-state index is -0.478. The van der Waals surface area contributed by atoms with E-state index in [-0.39, 0.29) is 32.5 Å². The Balaban J connectivity index is 1.51. The van der Waals surface area contributed by atoms with E-state index in [0.717, 1.165) is 30.9 Å². The molecule has 2 aliphatic rings. The van der Waals surface area contributed by atoms with Crippen LogP contribution in [0, 0.1) is 0 Å². The Morgan fingerprint density at radius 2 is 0.812 bits per heavy atom. The lowest BCUT2D eigenvalue weighted by atomic mass is 9.90. The number of halogens is 2. The molecule has 0 unspecified atom stereocenters. The molecule has 0 N–H and O–H groups in total. The lowest BCUT2D eigenvalue weighted by Crippen LogP contribution is -2.20. The summed E-state index contributed by atoms with van der Waals surface area (Å²) in [6.45, 7) is 0. The fourth-order valence-corrected chi connectivity index (χ4v) is 5.15. The summed E-state index contributed by atoms with van der Waals surface area (Å²) in [5.41, 5.74) is -0.116. The van der Waals surface area contributed by atoms with Gasteiger partial charge < -0.3 is 0 Å². The molecule has 0 fully saturated rings. The van der Waals surface area contributed by atoms with Crippen LogP contribution in [-0.4, -0.2) is 23.1 Å². The van der Waals surface area contributed by atoms with Crippen molar-refractivity contribution in [3.05, 3.63) is 103 Å². The molecule has 0 heterocycles. The summed E-state index contributed by atoms with van der Waals surface area (Å²) < 4.78 is 1.81. The molecule has 4 nitrogen and oxygen atoms in total. The van der Waals surface area contributed by atoms with Crippen molar-refractivity contribution in [1.29, 1.82) is 0 Å². The van der Waals surface area contributed by atoms with Crippen LogP contribution in [0.2, 0.25) is 0 Å². The Hall–Kier alpha value is -2.26. The largest absolute Gasteiger partial charge is 0.289 e. The summed E-state index contributed by atoms with van der Waals surface area (Å²) in [5.74, 6) is -1.72. The van der Waals surface area contributed by atoms with Crippen LogP contribution in [0.15, 0.2) is 113 Å². The maximum Gasteiger partial charge on any atom is 0.193 e. The molecule has 158 valence electrons. The van der Waals surface area contributed by atoms with Crippen LogP contribution in [0.5, 0.6) is 0 Å². The molecule has 32 heavy (non-hydrogen) atoms. The van der Waals surface area contributed by atoms with E-state index in [1.165, 1.54) is 35.7 Å². The van der Waals surface area contributed by atoms with Crippen LogP contribution in [0.3, 0.4) is 0 Å². The van der Waals surface area contributed by atoms with Crippen molar-refractivity contribution in [2.75, 3.05) is 0 Å².